The fourth-order valence-electron chi connectivity index (χ4n) is 2.67. The molecule has 14 heteroatoms. The average molecular weight is 492 g/mol. The normalized spacial score (nSPS) is 14.5. The predicted molar refractivity (Wildman–Crippen MR) is 120 cm³/mol. The van der Waals surface area contributed by atoms with Crippen molar-refractivity contribution in [3.8, 4) is 0 Å². The quantitative estimate of drug-likeness (QED) is 0.111. The average Bonchev–Trinajstić information content (AvgIpc) is 2.71. The van der Waals surface area contributed by atoms with Crippen molar-refractivity contribution in [1.29, 1.82) is 0 Å². The van der Waals surface area contributed by atoms with Gasteiger partial charge in [0.05, 0.1) is 6.04 Å². The van der Waals surface area contributed by atoms with Gasteiger partial charge in [0.2, 0.25) is 23.6 Å². The number of nitrogens with two attached hydrogens (primary N) is 2. The molecule has 0 aromatic heterocycles. The summed E-state index contributed by atoms with van der Waals surface area (Å²) in [4.78, 5) is 70.4. The second-order valence-electron chi connectivity index (χ2n) is 7.88. The van der Waals surface area contributed by atoms with Crippen molar-refractivity contribution in [3.63, 3.8) is 0 Å². The highest BCUT2D eigenvalue weighted by Gasteiger charge is 2.30. The molecule has 0 saturated heterocycles. The van der Waals surface area contributed by atoms with Gasteiger partial charge in [0.25, 0.3) is 0 Å². The molecule has 0 radical (unpaired) electrons. The summed E-state index contributed by atoms with van der Waals surface area (Å²) >= 11 is 4.02. The first-order valence-electron chi connectivity index (χ1n) is 10.3. The zero-order chi connectivity index (χ0) is 25.7. The van der Waals surface area contributed by atoms with Gasteiger partial charge in [-0.2, -0.15) is 12.6 Å². The molecule has 0 aromatic rings. The first-order chi connectivity index (χ1) is 15.3. The molecular formula is C19H33N5O8S. The van der Waals surface area contributed by atoms with Gasteiger partial charge < -0.3 is 37.6 Å². The Morgan fingerprint density at radius 2 is 1.33 bits per heavy atom. The zero-order valence-corrected chi connectivity index (χ0v) is 19.5. The molecule has 0 fully saturated rings. The fourth-order valence-corrected chi connectivity index (χ4v) is 2.93. The first kappa shape index (κ1) is 30.1. The van der Waals surface area contributed by atoms with Crippen LogP contribution in [0.2, 0.25) is 0 Å². The number of amides is 4. The number of nitrogens with one attached hydrogen (secondary N) is 3. The highest BCUT2D eigenvalue weighted by molar-refractivity contribution is 7.80. The molecular weight excluding hydrogens is 458 g/mol. The first-order valence-corrected chi connectivity index (χ1v) is 10.9. The summed E-state index contributed by atoms with van der Waals surface area (Å²) in [5.41, 5.74) is 10.7. The van der Waals surface area contributed by atoms with Crippen LogP contribution in [0.4, 0.5) is 0 Å². The van der Waals surface area contributed by atoms with Crippen LogP contribution in [-0.4, -0.2) is 75.7 Å². The van der Waals surface area contributed by atoms with Crippen LogP contribution < -0.4 is 27.4 Å². The lowest BCUT2D eigenvalue weighted by Crippen LogP contribution is -2.58. The number of aliphatic carboxylic acids is 2. The standard InChI is InChI=1S/C19H33N5O8S/c1-9(2)7-12(23-16(28)10(20)3-6-15(26)27)17(29)24-13(8-33)18(30)22-11(19(31)32)4-5-14(21)25/h9-13,33H,3-8,20H2,1-2H3,(H2,21,25)(H,22,30)(H,23,28)(H,24,29)(H,26,27)(H,31,32). The van der Waals surface area contributed by atoms with E-state index in [1.54, 1.807) is 13.8 Å². The number of carboxylic acid groups (broad SMARTS) is 2. The lowest BCUT2D eigenvalue weighted by molar-refractivity contribution is -0.142. The molecule has 0 aliphatic heterocycles. The Bertz CT molecular complexity index is 733. The SMILES string of the molecule is CC(C)CC(NC(=O)C(N)CCC(=O)O)C(=O)NC(CS)C(=O)NC(CCC(N)=O)C(=O)O. The van der Waals surface area contributed by atoms with Crippen molar-refractivity contribution in [2.75, 3.05) is 5.75 Å². The number of carbonyl (C=O) groups excluding carboxylic acids is 4. The number of hydrogen-bond acceptors (Lipinski definition) is 8. The maximum atomic E-state index is 12.8. The lowest BCUT2D eigenvalue weighted by atomic mass is 10.0. The zero-order valence-electron chi connectivity index (χ0n) is 18.6. The van der Waals surface area contributed by atoms with E-state index >= 15 is 0 Å². The van der Waals surface area contributed by atoms with Gasteiger partial charge in [-0.1, -0.05) is 13.8 Å². The number of hydrogen-bond donors (Lipinski definition) is 8. The summed E-state index contributed by atoms with van der Waals surface area (Å²) in [6.07, 6.45) is -0.747. The smallest absolute Gasteiger partial charge is 0.326 e. The van der Waals surface area contributed by atoms with E-state index in [1.807, 2.05) is 0 Å². The molecule has 0 rings (SSSR count). The van der Waals surface area contributed by atoms with Gasteiger partial charge in [-0.15, -0.1) is 0 Å². The molecule has 33 heavy (non-hydrogen) atoms. The Morgan fingerprint density at radius 1 is 0.818 bits per heavy atom. The van der Waals surface area contributed by atoms with Gasteiger partial charge in [-0.05, 0) is 25.2 Å². The van der Waals surface area contributed by atoms with Crippen LogP contribution in [-0.2, 0) is 28.8 Å². The fraction of sp³-hybridized carbons (Fsp3) is 0.684. The number of carbonyl (C=O) groups is 6. The topological polar surface area (TPSA) is 231 Å². The molecule has 0 aromatic carbocycles. The second kappa shape index (κ2) is 15.1. The minimum Gasteiger partial charge on any atom is -0.481 e. The van der Waals surface area contributed by atoms with E-state index in [9.17, 15) is 33.9 Å². The Labute approximate surface area is 196 Å². The summed E-state index contributed by atoms with van der Waals surface area (Å²) < 4.78 is 0. The van der Waals surface area contributed by atoms with E-state index in [2.05, 4.69) is 28.6 Å². The summed E-state index contributed by atoms with van der Waals surface area (Å²) in [7, 11) is 0. The number of thiol groups is 1. The molecule has 0 saturated carbocycles. The van der Waals surface area contributed by atoms with Crippen LogP contribution in [0.15, 0.2) is 0 Å². The molecule has 9 N–H and O–H groups in total. The van der Waals surface area contributed by atoms with Gasteiger partial charge in [0.1, 0.15) is 18.1 Å². The van der Waals surface area contributed by atoms with Crippen LogP contribution in [0, 0.1) is 5.92 Å². The Morgan fingerprint density at radius 3 is 1.79 bits per heavy atom. The number of rotatable bonds is 16. The van der Waals surface area contributed by atoms with Gasteiger partial charge in [-0.25, -0.2) is 4.79 Å². The van der Waals surface area contributed by atoms with Crippen molar-refractivity contribution in [2.24, 2.45) is 17.4 Å². The minimum absolute atomic E-state index is 0.0373. The molecule has 0 aliphatic carbocycles. The van der Waals surface area contributed by atoms with Crippen LogP contribution in [0.1, 0.15) is 46.0 Å². The number of carboxylic acids is 2. The highest BCUT2D eigenvalue weighted by Crippen LogP contribution is 2.07. The van der Waals surface area contributed by atoms with Crippen LogP contribution in [0.5, 0.6) is 0 Å². The summed E-state index contributed by atoms with van der Waals surface area (Å²) in [6.45, 7) is 3.60. The van der Waals surface area contributed by atoms with Gasteiger partial charge in [0, 0.05) is 18.6 Å². The molecule has 13 nitrogen and oxygen atoms in total. The third-order valence-corrected chi connectivity index (χ3v) is 4.82. The Kier molecular flexibility index (Phi) is 13.7. The molecule has 0 spiro atoms. The van der Waals surface area contributed by atoms with E-state index in [1.165, 1.54) is 0 Å². The summed E-state index contributed by atoms with van der Waals surface area (Å²) in [5, 5.41) is 25.0. The van der Waals surface area contributed by atoms with Crippen molar-refractivity contribution in [3.05, 3.63) is 0 Å². The lowest BCUT2D eigenvalue weighted by Gasteiger charge is -2.25. The number of primary amides is 1. The van der Waals surface area contributed by atoms with E-state index in [0.717, 1.165) is 0 Å². The van der Waals surface area contributed by atoms with Crippen LogP contribution >= 0.6 is 12.6 Å². The molecule has 0 aliphatic rings. The molecule has 4 atom stereocenters. The van der Waals surface area contributed by atoms with Crippen LogP contribution in [0.3, 0.4) is 0 Å². The van der Waals surface area contributed by atoms with E-state index in [-0.39, 0.29) is 43.8 Å². The van der Waals surface area contributed by atoms with E-state index in [4.69, 9.17) is 16.6 Å². The summed E-state index contributed by atoms with van der Waals surface area (Å²) in [5.74, 6) is -5.74. The largest absolute Gasteiger partial charge is 0.481 e. The van der Waals surface area contributed by atoms with Crippen molar-refractivity contribution < 1.29 is 39.0 Å². The maximum Gasteiger partial charge on any atom is 0.326 e. The molecule has 4 unspecified atom stereocenters. The second-order valence-corrected chi connectivity index (χ2v) is 8.24. The monoisotopic (exact) mass is 491 g/mol. The van der Waals surface area contributed by atoms with E-state index < -0.39 is 59.7 Å². The predicted octanol–water partition coefficient (Wildman–Crippen LogP) is -2.04. The maximum absolute atomic E-state index is 12.8. The summed E-state index contributed by atoms with van der Waals surface area (Å²) in [6, 6.07) is -4.85. The van der Waals surface area contributed by atoms with E-state index in [0.29, 0.717) is 0 Å². The van der Waals surface area contributed by atoms with Gasteiger partial charge >= 0.3 is 11.9 Å². The van der Waals surface area contributed by atoms with Gasteiger partial charge in [-0.3, -0.25) is 24.0 Å². The minimum atomic E-state index is -1.40. The van der Waals surface area contributed by atoms with Crippen molar-refractivity contribution >= 4 is 48.2 Å². The third kappa shape index (κ3) is 12.7. The molecule has 188 valence electrons. The van der Waals surface area contributed by atoms with Crippen LogP contribution in [0.25, 0.3) is 0 Å². The Hall–Kier alpha value is -2.87. The molecule has 4 amide bonds. The van der Waals surface area contributed by atoms with Gasteiger partial charge in [0.15, 0.2) is 0 Å². The molecule has 0 bridgehead atoms. The Balaban J connectivity index is 5.22. The van der Waals surface area contributed by atoms with Crippen molar-refractivity contribution in [2.45, 2.75) is 70.1 Å². The highest BCUT2D eigenvalue weighted by atomic mass is 32.1. The third-order valence-electron chi connectivity index (χ3n) is 4.46. The molecule has 0 heterocycles. The van der Waals surface area contributed by atoms with Crippen molar-refractivity contribution in [1.82, 2.24) is 16.0 Å².